The van der Waals surface area contributed by atoms with Gasteiger partial charge in [0, 0.05) is 25.8 Å². The van der Waals surface area contributed by atoms with Crippen LogP contribution in [0.4, 0.5) is 4.39 Å². The predicted molar refractivity (Wildman–Crippen MR) is 99.1 cm³/mol. The summed E-state index contributed by atoms with van der Waals surface area (Å²) < 4.78 is 19.6. The second-order valence-corrected chi connectivity index (χ2v) is 7.37. The predicted octanol–water partition coefficient (Wildman–Crippen LogP) is 2.26. The van der Waals surface area contributed by atoms with Crippen LogP contribution in [0, 0.1) is 12.7 Å². The zero-order chi connectivity index (χ0) is 20.5. The number of hydrogen-bond acceptors (Lipinski definition) is 6. The van der Waals surface area contributed by atoms with E-state index in [-0.39, 0.29) is 23.8 Å². The minimum Gasteiger partial charge on any atom is -0.382 e. The Kier molecular flexibility index (Phi) is 6.36. The van der Waals surface area contributed by atoms with E-state index < -0.39 is 29.0 Å². The molecule has 1 aromatic rings. The molecule has 1 aromatic carbocycles. The van der Waals surface area contributed by atoms with Crippen molar-refractivity contribution < 1.29 is 28.4 Å². The summed E-state index contributed by atoms with van der Waals surface area (Å²) in [5.74, 6) is -3.00. The van der Waals surface area contributed by atoms with Gasteiger partial charge in [-0.3, -0.25) is 14.4 Å². The molecule has 1 atom stereocenters. The Balaban J connectivity index is 2.01. The van der Waals surface area contributed by atoms with Crippen molar-refractivity contribution in [3.63, 3.8) is 0 Å². The summed E-state index contributed by atoms with van der Waals surface area (Å²) in [6.07, 6.45) is 0.639. The number of ether oxygens (including phenoxy) is 1. The monoisotopic (exact) mass is 414 g/mol. The largest absolute Gasteiger partial charge is 0.382 e. The van der Waals surface area contributed by atoms with Gasteiger partial charge in [0.15, 0.2) is 5.78 Å². The van der Waals surface area contributed by atoms with E-state index in [0.717, 1.165) is 5.06 Å². The van der Waals surface area contributed by atoms with E-state index in [1.807, 2.05) is 0 Å². The molecule has 0 aromatic heterocycles. The molecular formula is C19H24ClFN2O5. The van der Waals surface area contributed by atoms with Crippen LogP contribution in [0.5, 0.6) is 0 Å². The molecule has 7 nitrogen and oxygen atoms in total. The first-order valence-corrected chi connectivity index (χ1v) is 9.49. The average Bonchev–Trinajstić information content (AvgIpc) is 2.88. The van der Waals surface area contributed by atoms with E-state index in [0.29, 0.717) is 31.5 Å². The number of hydroxylamine groups is 4. The van der Waals surface area contributed by atoms with Crippen LogP contribution in [0.2, 0.25) is 5.02 Å². The van der Waals surface area contributed by atoms with Gasteiger partial charge in [0.1, 0.15) is 17.3 Å². The van der Waals surface area contributed by atoms with Crippen molar-refractivity contribution in [1.29, 1.82) is 0 Å². The summed E-state index contributed by atoms with van der Waals surface area (Å²) in [4.78, 5) is 37.6. The number of rotatable bonds is 6. The maximum absolute atomic E-state index is 14.6. The second-order valence-electron chi connectivity index (χ2n) is 6.99. The average molecular weight is 415 g/mol. The first-order chi connectivity index (χ1) is 13.4. The van der Waals surface area contributed by atoms with Crippen LogP contribution in [0.3, 0.4) is 0 Å². The molecule has 0 radical (unpaired) electrons. The highest BCUT2D eigenvalue weighted by Crippen LogP contribution is 2.45. The summed E-state index contributed by atoms with van der Waals surface area (Å²) in [6.45, 7) is 2.94. The molecule has 2 heterocycles. The SMILES string of the molecule is COCCON1C(=O)C(c2c(F)ccc(C)c2Cl)C(=O)C12CCN(OC)CC2. The quantitative estimate of drug-likeness (QED) is 0.525. The number of aryl methyl sites for hydroxylation is 1. The zero-order valence-electron chi connectivity index (χ0n) is 16.2. The van der Waals surface area contributed by atoms with Crippen LogP contribution < -0.4 is 0 Å². The lowest BCUT2D eigenvalue weighted by Crippen LogP contribution is -2.56. The summed E-state index contributed by atoms with van der Waals surface area (Å²) >= 11 is 6.30. The number of hydrogen-bond donors (Lipinski definition) is 0. The van der Waals surface area contributed by atoms with E-state index in [1.165, 1.54) is 19.2 Å². The van der Waals surface area contributed by atoms with E-state index in [9.17, 15) is 14.0 Å². The third kappa shape index (κ3) is 3.44. The molecule has 3 rings (SSSR count). The third-order valence-electron chi connectivity index (χ3n) is 5.48. The number of carbonyl (C=O) groups excluding carboxylic acids is 2. The van der Waals surface area contributed by atoms with E-state index in [2.05, 4.69) is 0 Å². The van der Waals surface area contributed by atoms with Crippen LogP contribution in [0.15, 0.2) is 12.1 Å². The number of ketones is 1. The van der Waals surface area contributed by atoms with Gasteiger partial charge in [0.2, 0.25) is 0 Å². The Morgan fingerprint density at radius 3 is 2.50 bits per heavy atom. The number of amides is 1. The van der Waals surface area contributed by atoms with Crippen molar-refractivity contribution >= 4 is 23.3 Å². The number of nitrogens with zero attached hydrogens (tertiary/aromatic N) is 2. The molecule has 1 amide bonds. The van der Waals surface area contributed by atoms with E-state index in [4.69, 9.17) is 26.0 Å². The topological polar surface area (TPSA) is 68.3 Å². The maximum Gasteiger partial charge on any atom is 0.262 e. The summed E-state index contributed by atoms with van der Waals surface area (Å²) in [7, 11) is 3.06. The van der Waals surface area contributed by atoms with E-state index in [1.54, 1.807) is 19.1 Å². The van der Waals surface area contributed by atoms with Gasteiger partial charge in [-0.1, -0.05) is 17.7 Å². The number of benzene rings is 1. The lowest BCUT2D eigenvalue weighted by Gasteiger charge is -2.41. The molecule has 1 spiro atoms. The van der Waals surface area contributed by atoms with Crippen LogP contribution >= 0.6 is 11.6 Å². The van der Waals surface area contributed by atoms with Crippen molar-refractivity contribution in [2.24, 2.45) is 0 Å². The minimum absolute atomic E-state index is 0.0805. The van der Waals surface area contributed by atoms with Gasteiger partial charge < -0.3 is 9.57 Å². The Morgan fingerprint density at radius 2 is 1.89 bits per heavy atom. The maximum atomic E-state index is 14.6. The highest BCUT2D eigenvalue weighted by Gasteiger charge is 2.61. The van der Waals surface area contributed by atoms with Crippen molar-refractivity contribution in [2.45, 2.75) is 31.2 Å². The molecule has 154 valence electrons. The van der Waals surface area contributed by atoms with Gasteiger partial charge >= 0.3 is 0 Å². The van der Waals surface area contributed by atoms with Gasteiger partial charge in [0.25, 0.3) is 5.91 Å². The molecule has 2 aliphatic heterocycles. The number of Topliss-reactive ketones (excluding diaryl/α,β-unsaturated/α-hetero) is 1. The molecule has 2 fully saturated rings. The van der Waals surface area contributed by atoms with Gasteiger partial charge in [-0.2, -0.15) is 5.06 Å². The lowest BCUT2D eigenvalue weighted by atomic mass is 9.80. The molecule has 0 saturated carbocycles. The van der Waals surface area contributed by atoms with Crippen molar-refractivity contribution in [3.05, 3.63) is 34.1 Å². The van der Waals surface area contributed by atoms with Crippen molar-refractivity contribution in [3.8, 4) is 0 Å². The van der Waals surface area contributed by atoms with E-state index >= 15 is 0 Å². The summed E-state index contributed by atoms with van der Waals surface area (Å²) in [6, 6.07) is 2.75. The third-order valence-corrected chi connectivity index (χ3v) is 5.98. The fourth-order valence-corrected chi connectivity index (χ4v) is 4.16. The summed E-state index contributed by atoms with van der Waals surface area (Å²) in [5, 5.41) is 2.93. The van der Waals surface area contributed by atoms with Crippen molar-refractivity contribution in [1.82, 2.24) is 10.1 Å². The number of piperidine rings is 1. The molecule has 9 heteroatoms. The lowest BCUT2D eigenvalue weighted by molar-refractivity contribution is -0.232. The van der Waals surface area contributed by atoms with Crippen molar-refractivity contribution in [2.75, 3.05) is 40.5 Å². The molecule has 0 N–H and O–H groups in total. The summed E-state index contributed by atoms with van der Waals surface area (Å²) in [5.41, 5.74) is -0.659. The smallest absolute Gasteiger partial charge is 0.262 e. The Morgan fingerprint density at radius 1 is 1.21 bits per heavy atom. The first kappa shape index (κ1) is 21.1. The Bertz CT molecular complexity index is 767. The fraction of sp³-hybridized carbons (Fsp3) is 0.579. The molecular weight excluding hydrogens is 391 g/mol. The second kappa shape index (κ2) is 8.42. The Labute approximate surface area is 168 Å². The number of methoxy groups -OCH3 is 1. The highest BCUT2D eigenvalue weighted by molar-refractivity contribution is 6.33. The Hall–Kier alpha value is -1.58. The molecule has 1 unspecified atom stereocenters. The van der Waals surface area contributed by atoms with Gasteiger partial charge in [-0.25, -0.2) is 9.45 Å². The molecule has 0 aliphatic carbocycles. The van der Waals surface area contributed by atoms with Crippen LogP contribution in [-0.4, -0.2) is 67.9 Å². The van der Waals surface area contributed by atoms with Gasteiger partial charge in [0.05, 0.1) is 25.3 Å². The zero-order valence-corrected chi connectivity index (χ0v) is 16.9. The first-order valence-electron chi connectivity index (χ1n) is 9.11. The normalized spacial score (nSPS) is 22.5. The highest BCUT2D eigenvalue weighted by atomic mass is 35.5. The molecule has 2 aliphatic rings. The van der Waals surface area contributed by atoms with Gasteiger partial charge in [-0.15, -0.1) is 0 Å². The van der Waals surface area contributed by atoms with Gasteiger partial charge in [-0.05, 0) is 31.4 Å². The molecule has 28 heavy (non-hydrogen) atoms. The van der Waals surface area contributed by atoms with Crippen LogP contribution in [-0.2, 0) is 24.0 Å². The number of carbonyl (C=O) groups is 2. The van der Waals surface area contributed by atoms with Crippen LogP contribution in [0.25, 0.3) is 0 Å². The minimum atomic E-state index is -1.33. The van der Waals surface area contributed by atoms with Crippen LogP contribution in [0.1, 0.15) is 29.9 Å². The molecule has 0 bridgehead atoms. The molecule has 2 saturated heterocycles. The fourth-order valence-electron chi connectivity index (χ4n) is 3.89. The standard InChI is InChI=1S/C19H24ClFN2O5/c1-12-4-5-13(21)14(16(12)20)15-17(24)19(6-8-22(27-3)9-7-19)23(18(15)25)28-11-10-26-2/h4-5,15H,6-11H2,1-3H3. The number of halogens is 2.